The summed E-state index contributed by atoms with van der Waals surface area (Å²) in [5.74, 6) is 6.55. The van der Waals surface area contributed by atoms with Crippen LogP contribution in [-0.4, -0.2) is 14.4 Å². The van der Waals surface area contributed by atoms with Crippen molar-refractivity contribution in [2.24, 2.45) is 0 Å². The molecular weight excluding hydrogens is 272 g/mol. The van der Waals surface area contributed by atoms with Crippen molar-refractivity contribution in [2.75, 3.05) is 0 Å². The normalized spacial score (nSPS) is 13.2. The average Bonchev–Trinajstić information content (AvgIpc) is 2.41. The Morgan fingerprint density at radius 1 is 1.24 bits per heavy atom. The average molecular weight is 301 g/mol. The summed E-state index contributed by atoms with van der Waals surface area (Å²) in [5, 5.41) is 0.202. The lowest BCUT2D eigenvalue weighted by molar-refractivity contribution is 0.225. The highest BCUT2D eigenvalue weighted by molar-refractivity contribution is 6.74. The monoisotopic (exact) mass is 300 g/mol. The van der Waals surface area contributed by atoms with E-state index in [9.17, 15) is 0 Å². The van der Waals surface area contributed by atoms with Gasteiger partial charge in [-0.25, -0.2) is 0 Å². The van der Waals surface area contributed by atoms with Gasteiger partial charge in [-0.15, -0.1) is 6.58 Å². The van der Waals surface area contributed by atoms with Crippen molar-refractivity contribution in [2.45, 2.75) is 57.8 Å². The van der Waals surface area contributed by atoms with Crippen LogP contribution in [0.4, 0.5) is 0 Å². The summed E-state index contributed by atoms with van der Waals surface area (Å²) >= 11 is 0. The Kier molecular flexibility index (Phi) is 6.45. The maximum atomic E-state index is 6.44. The van der Waals surface area contributed by atoms with E-state index >= 15 is 0 Å². The van der Waals surface area contributed by atoms with Crippen molar-refractivity contribution in [1.29, 1.82) is 0 Å². The third-order valence-corrected chi connectivity index (χ3v) is 8.51. The molecule has 0 saturated heterocycles. The van der Waals surface area contributed by atoms with Gasteiger partial charge in [0.25, 0.3) is 0 Å². The lowest BCUT2D eigenvalue weighted by atomic mass is 10.1. The van der Waals surface area contributed by atoms with Crippen LogP contribution >= 0.6 is 0 Å². The van der Waals surface area contributed by atoms with Gasteiger partial charge in [-0.05, 0) is 43.1 Å². The standard InChI is InChI=1S/C19H28OSi/c1-7-8-14-18(20-21(5,6)19(2,3)4)16-15-17-12-10-9-11-13-17/h7,9-13,18H,1,8,14H2,2-6H3. The van der Waals surface area contributed by atoms with Gasteiger partial charge in [-0.2, -0.15) is 0 Å². The fourth-order valence-corrected chi connectivity index (χ4v) is 2.89. The molecule has 1 aromatic rings. The Hall–Kier alpha value is -1.30. The molecule has 0 N–H and O–H groups in total. The Balaban J connectivity index is 2.87. The Labute approximate surface area is 131 Å². The Morgan fingerprint density at radius 2 is 1.86 bits per heavy atom. The van der Waals surface area contributed by atoms with Gasteiger partial charge in [0.2, 0.25) is 0 Å². The molecule has 21 heavy (non-hydrogen) atoms. The number of hydrogen-bond acceptors (Lipinski definition) is 1. The maximum absolute atomic E-state index is 6.44. The number of hydrogen-bond donors (Lipinski definition) is 0. The zero-order chi connectivity index (χ0) is 15.9. The van der Waals surface area contributed by atoms with Crippen molar-refractivity contribution < 1.29 is 4.43 Å². The lowest BCUT2D eigenvalue weighted by Gasteiger charge is -2.38. The molecule has 0 spiro atoms. The second kappa shape index (κ2) is 7.63. The summed E-state index contributed by atoms with van der Waals surface area (Å²) in [6, 6.07) is 10.1. The van der Waals surface area contributed by atoms with E-state index in [1.807, 2.05) is 36.4 Å². The fraction of sp³-hybridized carbons (Fsp3) is 0.474. The molecule has 2 heteroatoms. The van der Waals surface area contributed by atoms with Crippen molar-refractivity contribution in [3.63, 3.8) is 0 Å². The first-order chi connectivity index (χ1) is 9.76. The predicted octanol–water partition coefficient (Wildman–Crippen LogP) is 5.39. The minimum atomic E-state index is -1.79. The highest BCUT2D eigenvalue weighted by Gasteiger charge is 2.38. The molecule has 1 aromatic carbocycles. The van der Waals surface area contributed by atoms with Crippen LogP contribution in [0.1, 0.15) is 39.2 Å². The van der Waals surface area contributed by atoms with E-state index in [0.29, 0.717) is 0 Å². The predicted molar refractivity (Wildman–Crippen MR) is 94.8 cm³/mol. The SMILES string of the molecule is C=CCCC(C#Cc1ccccc1)O[Si](C)(C)C(C)(C)C. The summed E-state index contributed by atoms with van der Waals surface area (Å²) in [6.45, 7) is 15.1. The summed E-state index contributed by atoms with van der Waals surface area (Å²) in [7, 11) is -1.79. The van der Waals surface area contributed by atoms with Crippen molar-refractivity contribution in [3.05, 3.63) is 48.6 Å². The Bertz CT molecular complexity index is 500. The van der Waals surface area contributed by atoms with Gasteiger partial charge in [0.1, 0.15) is 6.10 Å². The third-order valence-electron chi connectivity index (χ3n) is 4.03. The highest BCUT2D eigenvalue weighted by Crippen LogP contribution is 2.37. The van der Waals surface area contributed by atoms with E-state index in [-0.39, 0.29) is 11.1 Å². The molecule has 0 radical (unpaired) electrons. The lowest BCUT2D eigenvalue weighted by Crippen LogP contribution is -2.43. The molecule has 0 aliphatic rings. The zero-order valence-electron chi connectivity index (χ0n) is 14.1. The minimum absolute atomic E-state index is 0.0101. The number of allylic oxidation sites excluding steroid dienone is 1. The van der Waals surface area contributed by atoms with Crippen LogP contribution in [0.25, 0.3) is 0 Å². The summed E-state index contributed by atoms with van der Waals surface area (Å²) in [4.78, 5) is 0. The summed E-state index contributed by atoms with van der Waals surface area (Å²) in [6.07, 6.45) is 3.77. The molecule has 1 nitrogen and oxygen atoms in total. The van der Waals surface area contributed by atoms with Crippen LogP contribution in [-0.2, 0) is 4.43 Å². The van der Waals surface area contributed by atoms with Gasteiger partial charge < -0.3 is 4.43 Å². The van der Waals surface area contributed by atoms with Crippen molar-refractivity contribution in [3.8, 4) is 11.8 Å². The summed E-state index contributed by atoms with van der Waals surface area (Å²) in [5.41, 5.74) is 1.04. The first-order valence-corrected chi connectivity index (χ1v) is 10.5. The molecular formula is C19H28OSi. The van der Waals surface area contributed by atoms with Gasteiger partial charge >= 0.3 is 0 Å². The van der Waals surface area contributed by atoms with Crippen molar-refractivity contribution >= 4 is 8.32 Å². The molecule has 1 unspecified atom stereocenters. The summed E-state index contributed by atoms with van der Waals surface area (Å²) < 4.78 is 6.44. The van der Waals surface area contributed by atoms with E-state index in [1.54, 1.807) is 0 Å². The van der Waals surface area contributed by atoms with Gasteiger partial charge in [-0.1, -0.05) is 56.9 Å². The molecule has 114 valence electrons. The van der Waals surface area contributed by atoms with E-state index in [2.05, 4.69) is 52.3 Å². The van der Waals surface area contributed by atoms with Gasteiger partial charge in [0.05, 0.1) is 0 Å². The van der Waals surface area contributed by atoms with Gasteiger partial charge in [-0.3, -0.25) is 0 Å². The van der Waals surface area contributed by atoms with Crippen molar-refractivity contribution in [1.82, 2.24) is 0 Å². The van der Waals surface area contributed by atoms with Gasteiger partial charge in [0.15, 0.2) is 8.32 Å². The molecule has 0 aromatic heterocycles. The smallest absolute Gasteiger partial charge is 0.193 e. The van der Waals surface area contributed by atoms with Crippen LogP contribution in [0.15, 0.2) is 43.0 Å². The van der Waals surface area contributed by atoms with Crippen LogP contribution in [0.3, 0.4) is 0 Å². The quantitative estimate of drug-likeness (QED) is 0.402. The zero-order valence-corrected chi connectivity index (χ0v) is 15.1. The first-order valence-electron chi connectivity index (χ1n) is 7.61. The molecule has 0 fully saturated rings. The maximum Gasteiger partial charge on any atom is 0.193 e. The van der Waals surface area contributed by atoms with Crippen LogP contribution in [0.5, 0.6) is 0 Å². The van der Waals surface area contributed by atoms with E-state index in [0.717, 1.165) is 18.4 Å². The largest absolute Gasteiger partial charge is 0.403 e. The van der Waals surface area contributed by atoms with E-state index < -0.39 is 8.32 Å². The number of rotatable bonds is 5. The molecule has 1 rings (SSSR count). The second-order valence-electron chi connectivity index (χ2n) is 6.87. The van der Waals surface area contributed by atoms with E-state index in [4.69, 9.17) is 4.43 Å². The van der Waals surface area contributed by atoms with Gasteiger partial charge in [0, 0.05) is 5.56 Å². The first kappa shape index (κ1) is 17.7. The fourth-order valence-electron chi connectivity index (χ4n) is 1.65. The van der Waals surface area contributed by atoms with Crippen LogP contribution < -0.4 is 0 Å². The molecule has 0 aliphatic carbocycles. The molecule has 0 bridgehead atoms. The molecule has 0 saturated carbocycles. The van der Waals surface area contributed by atoms with Crippen LogP contribution in [0.2, 0.25) is 18.1 Å². The Morgan fingerprint density at radius 3 is 2.38 bits per heavy atom. The molecule has 0 heterocycles. The highest BCUT2D eigenvalue weighted by atomic mass is 28.4. The van der Waals surface area contributed by atoms with Crippen LogP contribution in [0, 0.1) is 11.8 Å². The van der Waals surface area contributed by atoms with E-state index in [1.165, 1.54) is 0 Å². The molecule has 0 aliphatic heterocycles. The topological polar surface area (TPSA) is 9.23 Å². The number of benzene rings is 1. The minimum Gasteiger partial charge on any atom is -0.403 e. The second-order valence-corrected chi connectivity index (χ2v) is 11.6. The molecule has 0 amide bonds. The molecule has 1 atom stereocenters. The third kappa shape index (κ3) is 5.91.